The van der Waals surface area contributed by atoms with Crippen LogP contribution in [0.5, 0.6) is 0 Å². The molecule has 0 amide bonds. The molecule has 0 bridgehead atoms. The number of nitrogens with zero attached hydrogens (tertiary/aromatic N) is 2. The minimum Gasteiger partial charge on any atom is -0.304 e. The highest BCUT2D eigenvalue weighted by molar-refractivity contribution is 7.70. The summed E-state index contributed by atoms with van der Waals surface area (Å²) in [7, 11) is 1.83. The topological polar surface area (TPSA) is 6.48 Å². The van der Waals surface area contributed by atoms with E-state index in [1.54, 1.807) is 0 Å². The second-order valence-electron chi connectivity index (χ2n) is 6.57. The van der Waals surface area contributed by atoms with Gasteiger partial charge in [-0.05, 0) is 57.1 Å². The van der Waals surface area contributed by atoms with Crippen molar-refractivity contribution in [3.63, 3.8) is 0 Å². The fourth-order valence-corrected chi connectivity index (χ4v) is 5.63. The van der Waals surface area contributed by atoms with Crippen molar-refractivity contribution in [3.05, 3.63) is 60.7 Å². The summed E-state index contributed by atoms with van der Waals surface area (Å²) in [6.07, 6.45) is 2.51. The van der Waals surface area contributed by atoms with E-state index in [1.807, 2.05) is 0 Å². The van der Waals surface area contributed by atoms with Gasteiger partial charge in [-0.2, -0.15) is 0 Å². The maximum atomic E-state index is 2.60. The van der Waals surface area contributed by atoms with Crippen molar-refractivity contribution in [2.45, 2.75) is 39.7 Å². The first-order valence-electron chi connectivity index (χ1n) is 9.52. The molecular formula is C22H33N2P. The van der Waals surface area contributed by atoms with E-state index in [-0.39, 0.29) is 0 Å². The molecule has 2 rings (SSSR count). The number of hydrogen-bond donors (Lipinski definition) is 0. The molecule has 0 N–H and O–H groups in total. The van der Waals surface area contributed by atoms with Gasteiger partial charge in [-0.1, -0.05) is 74.5 Å². The van der Waals surface area contributed by atoms with E-state index >= 15 is 0 Å². The van der Waals surface area contributed by atoms with E-state index in [0.717, 1.165) is 13.1 Å². The lowest BCUT2D eigenvalue weighted by molar-refractivity contribution is 0.282. The van der Waals surface area contributed by atoms with Gasteiger partial charge < -0.3 is 4.90 Å². The summed E-state index contributed by atoms with van der Waals surface area (Å²) in [6.45, 7) is 10.4. The van der Waals surface area contributed by atoms with Gasteiger partial charge in [-0.15, -0.1) is 0 Å². The molecular weight excluding hydrogens is 323 g/mol. The quantitative estimate of drug-likeness (QED) is 0.579. The molecule has 0 saturated heterocycles. The van der Waals surface area contributed by atoms with Crippen molar-refractivity contribution in [3.8, 4) is 0 Å². The average molecular weight is 356 g/mol. The fourth-order valence-electron chi connectivity index (χ4n) is 3.19. The summed E-state index contributed by atoms with van der Waals surface area (Å²) in [5.74, 6) is 0. The Bertz CT molecular complexity index is 544. The van der Waals surface area contributed by atoms with Gasteiger partial charge in [-0.3, -0.25) is 4.67 Å². The van der Waals surface area contributed by atoms with Gasteiger partial charge in [-0.25, -0.2) is 0 Å². The molecule has 1 atom stereocenters. The van der Waals surface area contributed by atoms with Gasteiger partial charge in [0.2, 0.25) is 0 Å². The number of hydrogen-bond acceptors (Lipinski definition) is 2. The molecule has 0 aliphatic heterocycles. The van der Waals surface area contributed by atoms with Crippen LogP contribution in [0.3, 0.4) is 0 Å². The zero-order valence-electron chi connectivity index (χ0n) is 16.2. The van der Waals surface area contributed by atoms with Crippen LogP contribution in [0.2, 0.25) is 0 Å². The van der Waals surface area contributed by atoms with E-state index in [1.165, 1.54) is 30.0 Å². The lowest BCUT2D eigenvalue weighted by atomic mass is 10.2. The van der Waals surface area contributed by atoms with Crippen molar-refractivity contribution >= 4 is 18.7 Å². The van der Waals surface area contributed by atoms with Gasteiger partial charge >= 0.3 is 0 Å². The summed E-state index contributed by atoms with van der Waals surface area (Å²) < 4.78 is 2.60. The Labute approximate surface area is 155 Å². The predicted molar refractivity (Wildman–Crippen MR) is 113 cm³/mol. The summed E-state index contributed by atoms with van der Waals surface area (Å²) in [6, 6.07) is 22.5. The highest BCUT2D eigenvalue weighted by Gasteiger charge is 2.23. The Hall–Kier alpha value is -1.21. The monoisotopic (exact) mass is 356 g/mol. The standard InChI is InChI=1S/C22H33N2P/c1-5-24(6-2)19-13-14-20(3)23(4)25(21-15-9-7-10-16-21)22-17-11-8-12-18-22/h7-12,15-18,20H,5-6,13-14,19H2,1-4H3. The smallest absolute Gasteiger partial charge is 0.0281 e. The molecule has 2 aromatic carbocycles. The number of benzene rings is 2. The van der Waals surface area contributed by atoms with E-state index < -0.39 is 8.07 Å². The molecule has 0 spiro atoms. The molecule has 136 valence electrons. The predicted octanol–water partition coefficient (Wildman–Crippen LogP) is 4.48. The molecule has 0 aliphatic rings. The highest BCUT2D eigenvalue weighted by atomic mass is 31.1. The molecule has 0 aliphatic carbocycles. The van der Waals surface area contributed by atoms with Crippen molar-refractivity contribution in [2.24, 2.45) is 0 Å². The Kier molecular flexibility index (Phi) is 8.61. The maximum absolute atomic E-state index is 2.60. The van der Waals surface area contributed by atoms with Crippen LogP contribution >= 0.6 is 8.07 Å². The van der Waals surface area contributed by atoms with Crippen molar-refractivity contribution in [2.75, 3.05) is 26.7 Å². The molecule has 3 heteroatoms. The molecule has 2 aromatic rings. The van der Waals surface area contributed by atoms with Crippen LogP contribution in [-0.2, 0) is 0 Å². The van der Waals surface area contributed by atoms with Gasteiger partial charge in [0.15, 0.2) is 0 Å². The van der Waals surface area contributed by atoms with Crippen LogP contribution in [0.1, 0.15) is 33.6 Å². The molecule has 0 radical (unpaired) electrons. The molecule has 0 aromatic heterocycles. The normalized spacial score (nSPS) is 12.9. The zero-order valence-corrected chi connectivity index (χ0v) is 17.1. The third-order valence-corrected chi connectivity index (χ3v) is 7.55. The van der Waals surface area contributed by atoms with Crippen LogP contribution < -0.4 is 10.6 Å². The van der Waals surface area contributed by atoms with Gasteiger partial charge in [0.25, 0.3) is 0 Å². The summed E-state index contributed by atoms with van der Waals surface area (Å²) in [5.41, 5.74) is 0. The molecule has 2 nitrogen and oxygen atoms in total. The highest BCUT2D eigenvalue weighted by Crippen LogP contribution is 2.39. The Morgan fingerprint density at radius 1 is 0.840 bits per heavy atom. The maximum Gasteiger partial charge on any atom is 0.0281 e. The lowest BCUT2D eigenvalue weighted by Gasteiger charge is -2.34. The molecule has 0 fully saturated rings. The van der Waals surface area contributed by atoms with Gasteiger partial charge in [0.1, 0.15) is 0 Å². The van der Waals surface area contributed by atoms with Crippen molar-refractivity contribution in [1.29, 1.82) is 0 Å². The minimum absolute atomic E-state index is 0.471. The number of rotatable bonds is 10. The van der Waals surface area contributed by atoms with Gasteiger partial charge in [0.05, 0.1) is 0 Å². The summed E-state index contributed by atoms with van der Waals surface area (Å²) in [5, 5.41) is 2.86. The first-order valence-corrected chi connectivity index (χ1v) is 10.8. The third-order valence-electron chi connectivity index (χ3n) is 4.95. The van der Waals surface area contributed by atoms with Gasteiger partial charge in [0, 0.05) is 14.1 Å². The van der Waals surface area contributed by atoms with Crippen LogP contribution in [0.25, 0.3) is 0 Å². The second kappa shape index (κ2) is 10.7. The largest absolute Gasteiger partial charge is 0.304 e. The lowest BCUT2D eigenvalue weighted by Crippen LogP contribution is -2.33. The summed E-state index contributed by atoms with van der Waals surface area (Å²) >= 11 is 0. The van der Waals surface area contributed by atoms with Crippen molar-refractivity contribution in [1.82, 2.24) is 9.57 Å². The van der Waals surface area contributed by atoms with Crippen LogP contribution in [0.15, 0.2) is 60.7 Å². The molecule has 25 heavy (non-hydrogen) atoms. The average Bonchev–Trinajstić information content (AvgIpc) is 2.67. The Morgan fingerprint density at radius 2 is 1.32 bits per heavy atom. The Balaban J connectivity index is 2.09. The van der Waals surface area contributed by atoms with Crippen LogP contribution in [0, 0.1) is 0 Å². The first kappa shape index (κ1) is 20.1. The van der Waals surface area contributed by atoms with E-state index in [2.05, 4.69) is 98.1 Å². The second-order valence-corrected chi connectivity index (χ2v) is 8.86. The zero-order chi connectivity index (χ0) is 18.1. The third kappa shape index (κ3) is 5.92. The van der Waals surface area contributed by atoms with E-state index in [4.69, 9.17) is 0 Å². The van der Waals surface area contributed by atoms with Crippen LogP contribution in [-0.4, -0.2) is 42.3 Å². The van der Waals surface area contributed by atoms with Crippen molar-refractivity contribution < 1.29 is 0 Å². The van der Waals surface area contributed by atoms with E-state index in [0.29, 0.717) is 6.04 Å². The summed E-state index contributed by atoms with van der Waals surface area (Å²) in [4.78, 5) is 2.52. The molecule has 0 heterocycles. The van der Waals surface area contributed by atoms with E-state index in [9.17, 15) is 0 Å². The SMILES string of the molecule is CCN(CC)CCCC(C)N(C)P(c1ccccc1)c1ccccc1. The minimum atomic E-state index is -0.471. The molecule has 1 unspecified atom stereocenters. The fraction of sp³-hybridized carbons (Fsp3) is 0.455. The first-order chi connectivity index (χ1) is 12.2. The van der Waals surface area contributed by atoms with Crippen LogP contribution in [0.4, 0.5) is 0 Å². The Morgan fingerprint density at radius 3 is 1.76 bits per heavy atom. The molecule has 0 saturated carbocycles.